The van der Waals surface area contributed by atoms with E-state index in [-0.39, 0.29) is 6.10 Å². The third-order valence-corrected chi connectivity index (χ3v) is 3.86. The second-order valence-electron chi connectivity index (χ2n) is 5.11. The Morgan fingerprint density at radius 3 is 2.21 bits per heavy atom. The quantitative estimate of drug-likeness (QED) is 0.754. The number of benzene rings is 1. The largest absolute Gasteiger partial charge is 0.393 e. The predicted molar refractivity (Wildman–Crippen MR) is 64.3 cm³/mol. The van der Waals surface area contributed by atoms with E-state index in [1.165, 1.54) is 5.56 Å². The molecule has 0 unspecified atom stereocenters. The number of aliphatic hydroxyl groups excluding tert-OH is 1. The highest BCUT2D eigenvalue weighted by molar-refractivity contribution is 6.76. The van der Waals surface area contributed by atoms with Crippen molar-refractivity contribution in [2.75, 3.05) is 0 Å². The van der Waals surface area contributed by atoms with Crippen molar-refractivity contribution >= 4 is 8.07 Å². The number of hydrogen-bond acceptors (Lipinski definition) is 1. The summed E-state index contributed by atoms with van der Waals surface area (Å²) in [6.45, 7) is 6.88. The molecule has 0 radical (unpaired) electrons. The Bertz CT molecular complexity index is 263. The van der Waals surface area contributed by atoms with Crippen LogP contribution < -0.4 is 0 Å². The van der Waals surface area contributed by atoms with Gasteiger partial charge in [0, 0.05) is 8.07 Å². The van der Waals surface area contributed by atoms with E-state index in [0.717, 1.165) is 12.5 Å². The molecule has 0 fully saturated rings. The second-order valence-corrected chi connectivity index (χ2v) is 10.6. The molecule has 0 bridgehead atoms. The molecular formula is C12H20OSi. The molecule has 0 saturated heterocycles. The first-order chi connectivity index (χ1) is 6.47. The van der Waals surface area contributed by atoms with E-state index in [1.54, 1.807) is 0 Å². The highest BCUT2D eigenvalue weighted by Gasteiger charge is 2.18. The number of hydrogen-bond donors (Lipinski definition) is 1. The van der Waals surface area contributed by atoms with E-state index in [9.17, 15) is 5.11 Å². The van der Waals surface area contributed by atoms with E-state index in [0.29, 0.717) is 0 Å². The van der Waals surface area contributed by atoms with Gasteiger partial charge in [-0.25, -0.2) is 0 Å². The van der Waals surface area contributed by atoms with Crippen LogP contribution in [-0.4, -0.2) is 19.3 Å². The smallest absolute Gasteiger partial charge is 0.0557 e. The molecule has 1 aromatic carbocycles. The molecule has 0 aliphatic carbocycles. The molecule has 1 N–H and O–H groups in total. The first kappa shape index (κ1) is 11.5. The lowest BCUT2D eigenvalue weighted by Gasteiger charge is -2.20. The Kier molecular flexibility index (Phi) is 3.90. The van der Waals surface area contributed by atoms with Crippen LogP contribution in [0.3, 0.4) is 0 Å². The highest BCUT2D eigenvalue weighted by atomic mass is 28.3. The summed E-state index contributed by atoms with van der Waals surface area (Å²) in [5.41, 5.74) is 1.23. The molecule has 14 heavy (non-hydrogen) atoms. The van der Waals surface area contributed by atoms with Crippen LogP contribution >= 0.6 is 0 Å². The van der Waals surface area contributed by atoms with Gasteiger partial charge in [0.05, 0.1) is 6.10 Å². The van der Waals surface area contributed by atoms with Gasteiger partial charge >= 0.3 is 0 Å². The average molecular weight is 208 g/mol. The van der Waals surface area contributed by atoms with Gasteiger partial charge in [-0.05, 0) is 18.0 Å². The lowest BCUT2D eigenvalue weighted by atomic mass is 10.1. The fraction of sp³-hybridized carbons (Fsp3) is 0.500. The topological polar surface area (TPSA) is 20.2 Å². The van der Waals surface area contributed by atoms with Gasteiger partial charge in [0.15, 0.2) is 0 Å². The monoisotopic (exact) mass is 208 g/mol. The van der Waals surface area contributed by atoms with Gasteiger partial charge in [-0.15, -0.1) is 0 Å². The number of rotatable bonds is 4. The molecule has 78 valence electrons. The van der Waals surface area contributed by atoms with Crippen molar-refractivity contribution < 1.29 is 5.11 Å². The summed E-state index contributed by atoms with van der Waals surface area (Å²) in [4.78, 5) is 0. The van der Waals surface area contributed by atoms with E-state index in [4.69, 9.17) is 0 Å². The van der Waals surface area contributed by atoms with Crippen LogP contribution in [-0.2, 0) is 6.42 Å². The normalized spacial score (nSPS) is 14.0. The summed E-state index contributed by atoms with van der Waals surface area (Å²) in [6.07, 6.45) is 0.634. The van der Waals surface area contributed by atoms with E-state index in [2.05, 4.69) is 31.8 Å². The lowest BCUT2D eigenvalue weighted by Crippen LogP contribution is -2.27. The first-order valence-corrected chi connectivity index (χ1v) is 8.90. The minimum absolute atomic E-state index is 0.163. The van der Waals surface area contributed by atoms with Crippen molar-refractivity contribution in [3.63, 3.8) is 0 Å². The van der Waals surface area contributed by atoms with E-state index >= 15 is 0 Å². The molecule has 0 amide bonds. The van der Waals surface area contributed by atoms with Crippen LogP contribution in [0, 0.1) is 0 Å². The van der Waals surface area contributed by atoms with E-state index in [1.807, 2.05) is 18.2 Å². The van der Waals surface area contributed by atoms with Crippen LogP contribution in [0.1, 0.15) is 5.56 Å². The highest BCUT2D eigenvalue weighted by Crippen LogP contribution is 2.14. The van der Waals surface area contributed by atoms with Gasteiger partial charge in [0.2, 0.25) is 0 Å². The third-order valence-electron chi connectivity index (χ3n) is 2.16. The zero-order valence-electron chi connectivity index (χ0n) is 9.33. The second kappa shape index (κ2) is 4.76. The molecule has 1 aromatic rings. The Morgan fingerprint density at radius 1 is 1.14 bits per heavy atom. The van der Waals surface area contributed by atoms with Crippen LogP contribution in [0.25, 0.3) is 0 Å². The summed E-state index contributed by atoms with van der Waals surface area (Å²) in [5.74, 6) is 0. The molecule has 0 aliphatic heterocycles. The van der Waals surface area contributed by atoms with Crippen molar-refractivity contribution in [2.24, 2.45) is 0 Å². The first-order valence-electron chi connectivity index (χ1n) is 5.19. The molecule has 0 saturated carbocycles. The van der Waals surface area contributed by atoms with Gasteiger partial charge < -0.3 is 5.11 Å². The van der Waals surface area contributed by atoms with Crippen LogP contribution in [0.15, 0.2) is 30.3 Å². The minimum atomic E-state index is -1.12. The summed E-state index contributed by atoms with van der Waals surface area (Å²) >= 11 is 0. The molecule has 2 heteroatoms. The number of aliphatic hydroxyl groups is 1. The SMILES string of the molecule is C[Si](C)(C)C[C@H](O)Cc1ccccc1. The Balaban J connectivity index is 2.46. The minimum Gasteiger partial charge on any atom is -0.393 e. The molecule has 1 rings (SSSR count). The average Bonchev–Trinajstić information content (AvgIpc) is 2.02. The van der Waals surface area contributed by atoms with E-state index < -0.39 is 8.07 Å². The van der Waals surface area contributed by atoms with Crippen molar-refractivity contribution in [3.05, 3.63) is 35.9 Å². The molecule has 0 spiro atoms. The molecule has 1 nitrogen and oxygen atoms in total. The molecule has 0 aromatic heterocycles. The van der Waals surface area contributed by atoms with Gasteiger partial charge in [-0.1, -0.05) is 50.0 Å². The summed E-state index contributed by atoms with van der Waals surface area (Å²) in [7, 11) is -1.12. The maximum atomic E-state index is 9.87. The molecular weight excluding hydrogens is 188 g/mol. The van der Waals surface area contributed by atoms with Crippen LogP contribution in [0.2, 0.25) is 25.7 Å². The van der Waals surface area contributed by atoms with Gasteiger partial charge in [0.1, 0.15) is 0 Å². The van der Waals surface area contributed by atoms with Crippen molar-refractivity contribution in [3.8, 4) is 0 Å². The maximum absolute atomic E-state index is 9.87. The van der Waals surface area contributed by atoms with Gasteiger partial charge in [-0.3, -0.25) is 0 Å². The Hall–Kier alpha value is -0.603. The van der Waals surface area contributed by atoms with Crippen LogP contribution in [0.5, 0.6) is 0 Å². The lowest BCUT2D eigenvalue weighted by molar-refractivity contribution is 0.193. The molecule has 1 atom stereocenters. The maximum Gasteiger partial charge on any atom is 0.0557 e. The zero-order chi connectivity index (χ0) is 10.6. The fourth-order valence-electron chi connectivity index (χ4n) is 1.67. The zero-order valence-corrected chi connectivity index (χ0v) is 10.3. The fourth-order valence-corrected chi connectivity index (χ4v) is 3.22. The summed E-state index contributed by atoms with van der Waals surface area (Å²) in [6, 6.07) is 11.2. The molecule has 0 heterocycles. The summed E-state index contributed by atoms with van der Waals surface area (Å²) in [5, 5.41) is 9.87. The van der Waals surface area contributed by atoms with Crippen molar-refractivity contribution in [2.45, 2.75) is 38.2 Å². The third kappa shape index (κ3) is 4.58. The van der Waals surface area contributed by atoms with Gasteiger partial charge in [0.25, 0.3) is 0 Å². The Labute approximate surface area is 87.8 Å². The Morgan fingerprint density at radius 2 is 1.71 bits per heavy atom. The van der Waals surface area contributed by atoms with Crippen molar-refractivity contribution in [1.82, 2.24) is 0 Å². The molecule has 0 aliphatic rings. The van der Waals surface area contributed by atoms with Crippen molar-refractivity contribution in [1.29, 1.82) is 0 Å². The standard InChI is InChI=1S/C12H20OSi/c1-14(2,3)10-12(13)9-11-7-5-4-6-8-11/h4-8,12-13H,9-10H2,1-3H3/t12-/m1/s1. The van der Waals surface area contributed by atoms with Gasteiger partial charge in [-0.2, -0.15) is 0 Å². The van der Waals surface area contributed by atoms with Crippen LogP contribution in [0.4, 0.5) is 0 Å². The predicted octanol–water partition coefficient (Wildman–Crippen LogP) is 2.93. The summed E-state index contributed by atoms with van der Waals surface area (Å²) < 4.78 is 0.